The van der Waals surface area contributed by atoms with Gasteiger partial charge in [0.2, 0.25) is 0 Å². The maximum Gasteiger partial charge on any atom is 0.349 e. The minimum absolute atomic E-state index is 0.0655. The maximum absolute atomic E-state index is 11.7. The van der Waals surface area contributed by atoms with Gasteiger partial charge in [-0.2, -0.15) is 9.78 Å². The van der Waals surface area contributed by atoms with Gasteiger partial charge in [-0.1, -0.05) is 19.6 Å². The van der Waals surface area contributed by atoms with Crippen LogP contribution in [0.25, 0.3) is 0 Å². The van der Waals surface area contributed by atoms with E-state index in [-0.39, 0.29) is 11.3 Å². The van der Waals surface area contributed by atoms with E-state index >= 15 is 0 Å². The first kappa shape index (κ1) is 15.3. The van der Waals surface area contributed by atoms with Crippen LogP contribution in [0.3, 0.4) is 0 Å². The summed E-state index contributed by atoms with van der Waals surface area (Å²) in [4.78, 5) is 23.1. The summed E-state index contributed by atoms with van der Waals surface area (Å²) in [6, 6.07) is 1.02. The van der Waals surface area contributed by atoms with Crippen molar-refractivity contribution >= 4 is 24.0 Å². The third kappa shape index (κ3) is 4.18. The van der Waals surface area contributed by atoms with Crippen molar-refractivity contribution in [1.29, 1.82) is 0 Å². The fourth-order valence-electron chi connectivity index (χ4n) is 1.20. The third-order valence-corrected chi connectivity index (χ3v) is 4.61. The predicted molar refractivity (Wildman–Crippen MR) is 75.5 cm³/mol. The van der Waals surface area contributed by atoms with Crippen LogP contribution >= 0.6 is 15.9 Å². The molecule has 0 fully saturated rings. The second-order valence-electron chi connectivity index (χ2n) is 5.29. The topological polar surface area (TPSA) is 66.1 Å². The summed E-state index contributed by atoms with van der Waals surface area (Å²) in [6.45, 7) is 7.43. The molecular weight excluding hydrogens is 318 g/mol. The van der Waals surface area contributed by atoms with Crippen LogP contribution in [0.1, 0.15) is 0 Å². The van der Waals surface area contributed by atoms with Gasteiger partial charge in [0.1, 0.15) is 6.73 Å². The highest BCUT2D eigenvalue weighted by molar-refractivity contribution is 9.10. The molecule has 1 heterocycles. The molecule has 1 aromatic heterocycles. The van der Waals surface area contributed by atoms with Gasteiger partial charge in [-0.05, 0) is 22.0 Å². The molecule has 0 aromatic carbocycles. The summed E-state index contributed by atoms with van der Waals surface area (Å²) in [6.07, 6.45) is 0. The second kappa shape index (κ2) is 5.94. The Kier molecular flexibility index (Phi) is 5.06. The first-order valence-corrected chi connectivity index (χ1v) is 10.1. The van der Waals surface area contributed by atoms with E-state index in [1.807, 2.05) is 0 Å². The van der Waals surface area contributed by atoms with Crippen molar-refractivity contribution in [2.75, 3.05) is 6.61 Å². The first-order valence-electron chi connectivity index (χ1n) is 5.64. The highest BCUT2D eigenvalue weighted by Crippen LogP contribution is 2.07. The molecule has 102 valence electrons. The zero-order valence-corrected chi connectivity index (χ0v) is 13.7. The van der Waals surface area contributed by atoms with Crippen LogP contribution in [0.5, 0.6) is 0 Å². The third-order valence-electron chi connectivity index (χ3n) is 2.41. The lowest BCUT2D eigenvalue weighted by Crippen LogP contribution is -2.40. The van der Waals surface area contributed by atoms with Crippen LogP contribution in [0.2, 0.25) is 25.7 Å². The molecule has 8 heteroatoms. The second-order valence-corrected chi connectivity index (χ2v) is 11.7. The van der Waals surface area contributed by atoms with Gasteiger partial charge in [-0.3, -0.25) is 9.36 Å². The summed E-state index contributed by atoms with van der Waals surface area (Å²) in [7, 11) is 0.275. The van der Waals surface area contributed by atoms with Gasteiger partial charge in [0, 0.05) is 21.7 Å². The molecule has 0 spiro atoms. The summed E-state index contributed by atoms with van der Waals surface area (Å²) in [5, 5.41) is 3.84. The summed E-state index contributed by atoms with van der Waals surface area (Å²) >= 11 is 3.02. The van der Waals surface area contributed by atoms with Crippen molar-refractivity contribution < 1.29 is 4.74 Å². The Morgan fingerprint density at radius 2 is 1.94 bits per heavy atom. The van der Waals surface area contributed by atoms with Gasteiger partial charge < -0.3 is 4.74 Å². The van der Waals surface area contributed by atoms with E-state index in [1.165, 1.54) is 7.05 Å². The SMILES string of the molecule is Cn1c(=O)c(Br)nn(COCC[Si](C)(C)C)c1=O. The van der Waals surface area contributed by atoms with Crippen LogP contribution in [0.4, 0.5) is 0 Å². The fourth-order valence-corrected chi connectivity index (χ4v) is 2.42. The Morgan fingerprint density at radius 1 is 1.33 bits per heavy atom. The Bertz CT molecular complexity index is 533. The predicted octanol–water partition coefficient (Wildman–Crippen LogP) is 1.02. The molecule has 0 saturated heterocycles. The molecule has 0 saturated carbocycles. The maximum atomic E-state index is 11.7. The standard InChI is InChI=1S/C10H18BrN3O3Si/c1-13-9(15)8(11)12-14(10(13)16)7-17-5-6-18(2,3)4/h5-7H2,1-4H3. The van der Waals surface area contributed by atoms with Gasteiger partial charge in [0.15, 0.2) is 4.60 Å². The number of nitrogens with zero attached hydrogens (tertiary/aromatic N) is 3. The van der Waals surface area contributed by atoms with Crippen molar-refractivity contribution in [3.63, 3.8) is 0 Å². The normalized spacial score (nSPS) is 11.8. The van der Waals surface area contributed by atoms with Gasteiger partial charge in [-0.25, -0.2) is 4.79 Å². The molecule has 0 bridgehead atoms. The Morgan fingerprint density at radius 3 is 2.50 bits per heavy atom. The van der Waals surface area contributed by atoms with E-state index in [9.17, 15) is 9.59 Å². The number of hydrogen-bond acceptors (Lipinski definition) is 4. The smallest absolute Gasteiger partial charge is 0.349 e. The zero-order valence-electron chi connectivity index (χ0n) is 11.1. The Balaban J connectivity index is 2.70. The highest BCUT2D eigenvalue weighted by atomic mass is 79.9. The molecule has 18 heavy (non-hydrogen) atoms. The minimum Gasteiger partial charge on any atom is -0.359 e. The summed E-state index contributed by atoms with van der Waals surface area (Å²) in [5.41, 5.74) is -0.922. The summed E-state index contributed by atoms with van der Waals surface area (Å²) in [5.74, 6) is 0. The minimum atomic E-state index is -1.14. The molecule has 0 atom stereocenters. The highest BCUT2D eigenvalue weighted by Gasteiger charge is 2.13. The molecular formula is C10H18BrN3O3Si. The van der Waals surface area contributed by atoms with Crippen molar-refractivity contribution in [2.45, 2.75) is 32.4 Å². The lowest BCUT2D eigenvalue weighted by Gasteiger charge is -2.15. The largest absolute Gasteiger partial charge is 0.359 e. The average Bonchev–Trinajstić information content (AvgIpc) is 2.26. The quantitative estimate of drug-likeness (QED) is 0.595. The lowest BCUT2D eigenvalue weighted by molar-refractivity contribution is 0.0719. The molecule has 0 aliphatic heterocycles. The van der Waals surface area contributed by atoms with E-state index in [2.05, 4.69) is 40.7 Å². The Hall–Kier alpha value is -0.733. The number of rotatable bonds is 5. The molecule has 0 N–H and O–H groups in total. The first-order chi connectivity index (χ1) is 8.22. The van der Waals surface area contributed by atoms with Gasteiger partial charge >= 0.3 is 5.69 Å². The van der Waals surface area contributed by atoms with Crippen LogP contribution in [-0.2, 0) is 18.5 Å². The molecule has 0 aliphatic carbocycles. The van der Waals surface area contributed by atoms with Gasteiger partial charge in [0.25, 0.3) is 5.56 Å². The van der Waals surface area contributed by atoms with Gasteiger partial charge in [0.05, 0.1) is 0 Å². The molecule has 0 unspecified atom stereocenters. The van der Waals surface area contributed by atoms with Crippen molar-refractivity contribution in [3.05, 3.63) is 25.4 Å². The Labute approximate surface area is 115 Å². The van der Waals surface area contributed by atoms with Crippen LogP contribution in [-0.4, -0.2) is 29.0 Å². The monoisotopic (exact) mass is 335 g/mol. The van der Waals surface area contributed by atoms with E-state index in [1.54, 1.807) is 0 Å². The van der Waals surface area contributed by atoms with E-state index in [4.69, 9.17) is 4.74 Å². The molecule has 6 nitrogen and oxygen atoms in total. The van der Waals surface area contributed by atoms with Crippen LogP contribution in [0.15, 0.2) is 14.2 Å². The molecule has 0 amide bonds. The van der Waals surface area contributed by atoms with Crippen molar-refractivity contribution in [1.82, 2.24) is 14.3 Å². The van der Waals surface area contributed by atoms with Crippen LogP contribution < -0.4 is 11.2 Å². The number of hydrogen-bond donors (Lipinski definition) is 0. The zero-order chi connectivity index (χ0) is 13.9. The van der Waals surface area contributed by atoms with Gasteiger partial charge in [-0.15, -0.1) is 0 Å². The summed E-state index contributed by atoms with van der Waals surface area (Å²) < 4.78 is 7.67. The van der Waals surface area contributed by atoms with E-state index in [0.717, 1.165) is 15.3 Å². The van der Waals surface area contributed by atoms with Crippen molar-refractivity contribution in [2.24, 2.45) is 7.05 Å². The average molecular weight is 336 g/mol. The number of ether oxygens (including phenoxy) is 1. The lowest BCUT2D eigenvalue weighted by atomic mass is 10.8. The molecule has 0 radical (unpaired) electrons. The number of halogens is 1. The molecule has 1 aromatic rings. The van der Waals surface area contributed by atoms with E-state index in [0.29, 0.717) is 6.61 Å². The molecule has 0 aliphatic rings. The van der Waals surface area contributed by atoms with Crippen LogP contribution in [0, 0.1) is 0 Å². The fraction of sp³-hybridized carbons (Fsp3) is 0.700. The van der Waals surface area contributed by atoms with E-state index < -0.39 is 19.3 Å². The number of aromatic nitrogens is 3. The van der Waals surface area contributed by atoms with Crippen molar-refractivity contribution in [3.8, 4) is 0 Å². The molecule has 1 rings (SSSR count).